The second-order valence-electron chi connectivity index (χ2n) is 6.60. The second-order valence-corrected chi connectivity index (χ2v) is 6.60. The van der Waals surface area contributed by atoms with Gasteiger partial charge in [-0.1, -0.05) is 38.1 Å². The number of nitrogens with one attached hydrogen (secondary N) is 1. The molecule has 0 saturated heterocycles. The van der Waals surface area contributed by atoms with Crippen molar-refractivity contribution in [1.82, 2.24) is 14.7 Å². The Kier molecular flexibility index (Phi) is 4.42. The monoisotopic (exact) mass is 324 g/mol. The van der Waals surface area contributed by atoms with Gasteiger partial charge in [-0.05, 0) is 38.0 Å². The summed E-state index contributed by atoms with van der Waals surface area (Å²) in [6, 6.07) is 9.86. The Morgan fingerprint density at radius 2 is 2.04 bits per heavy atom. The first-order valence-corrected chi connectivity index (χ1v) is 8.34. The number of benzene rings is 1. The van der Waals surface area contributed by atoms with Crippen molar-refractivity contribution in [3.8, 4) is 5.69 Å². The molecule has 0 unspecified atom stereocenters. The molecule has 0 spiro atoms. The van der Waals surface area contributed by atoms with Gasteiger partial charge in [-0.2, -0.15) is 5.10 Å². The van der Waals surface area contributed by atoms with E-state index in [0.29, 0.717) is 12.5 Å². The van der Waals surface area contributed by atoms with E-state index in [4.69, 9.17) is 0 Å². The van der Waals surface area contributed by atoms with Gasteiger partial charge in [-0.25, -0.2) is 9.48 Å². The van der Waals surface area contributed by atoms with E-state index >= 15 is 0 Å². The number of amides is 2. The third-order valence-electron chi connectivity index (χ3n) is 4.32. The molecular weight excluding hydrogens is 300 g/mol. The molecule has 1 aliphatic heterocycles. The normalized spacial score (nSPS) is 16.9. The quantitative estimate of drug-likeness (QED) is 0.870. The van der Waals surface area contributed by atoms with Gasteiger partial charge in [0.1, 0.15) is 0 Å². The standard InChI is InChI=1S/C19H24N4O/c1-13(2)17-10-7-11-22(17)19(24)20-16-8-5-6-9-18(16)23-15(4)12-14(3)21-23/h5-10,12-13,17H,11H2,1-4H3,(H,20,24)/t17-/m0/s1. The van der Waals surface area contributed by atoms with E-state index in [1.807, 2.05) is 53.8 Å². The van der Waals surface area contributed by atoms with Gasteiger partial charge in [-0.15, -0.1) is 0 Å². The number of hydrogen-bond acceptors (Lipinski definition) is 2. The second kappa shape index (κ2) is 6.51. The summed E-state index contributed by atoms with van der Waals surface area (Å²) in [6.07, 6.45) is 4.16. The predicted octanol–water partition coefficient (Wildman–Crippen LogP) is 3.92. The van der Waals surface area contributed by atoms with Crippen LogP contribution in [-0.2, 0) is 0 Å². The van der Waals surface area contributed by atoms with E-state index in [1.54, 1.807) is 0 Å². The Balaban J connectivity index is 1.86. The van der Waals surface area contributed by atoms with Gasteiger partial charge in [0.15, 0.2) is 0 Å². The lowest BCUT2D eigenvalue weighted by Gasteiger charge is -2.28. The number of rotatable bonds is 3. The Morgan fingerprint density at radius 1 is 1.29 bits per heavy atom. The molecule has 0 fully saturated rings. The highest BCUT2D eigenvalue weighted by Crippen LogP contribution is 2.24. The molecule has 0 radical (unpaired) electrons. The van der Waals surface area contributed by atoms with E-state index in [2.05, 4.69) is 36.4 Å². The Hall–Kier alpha value is -2.56. The maximum atomic E-state index is 12.7. The lowest BCUT2D eigenvalue weighted by atomic mass is 10.1. The predicted molar refractivity (Wildman–Crippen MR) is 96.5 cm³/mol. The number of hydrogen-bond donors (Lipinski definition) is 1. The maximum Gasteiger partial charge on any atom is 0.322 e. The van der Waals surface area contributed by atoms with Crippen molar-refractivity contribution >= 4 is 11.7 Å². The Morgan fingerprint density at radius 3 is 2.71 bits per heavy atom. The Bertz CT molecular complexity index is 775. The van der Waals surface area contributed by atoms with E-state index < -0.39 is 0 Å². The Labute approximate surface area is 143 Å². The fourth-order valence-electron chi connectivity index (χ4n) is 3.16. The van der Waals surface area contributed by atoms with E-state index in [9.17, 15) is 4.79 Å². The SMILES string of the molecule is Cc1cc(C)n(-c2ccccc2NC(=O)N2CC=C[C@H]2C(C)C)n1. The lowest BCUT2D eigenvalue weighted by Crippen LogP contribution is -2.41. The van der Waals surface area contributed by atoms with Crippen LogP contribution >= 0.6 is 0 Å². The number of carbonyl (C=O) groups is 1. The molecule has 126 valence electrons. The van der Waals surface area contributed by atoms with Crippen LogP contribution in [0.3, 0.4) is 0 Å². The van der Waals surface area contributed by atoms with Crippen molar-refractivity contribution in [1.29, 1.82) is 0 Å². The zero-order chi connectivity index (χ0) is 17.3. The highest BCUT2D eigenvalue weighted by Gasteiger charge is 2.27. The average molecular weight is 324 g/mol. The van der Waals surface area contributed by atoms with Crippen LogP contribution in [0.1, 0.15) is 25.2 Å². The van der Waals surface area contributed by atoms with E-state index in [1.165, 1.54) is 0 Å². The molecule has 2 amide bonds. The van der Waals surface area contributed by atoms with Crippen LogP contribution in [0.15, 0.2) is 42.5 Å². The van der Waals surface area contributed by atoms with Gasteiger partial charge in [0.2, 0.25) is 0 Å². The van der Waals surface area contributed by atoms with Crippen molar-refractivity contribution in [3.63, 3.8) is 0 Å². The summed E-state index contributed by atoms with van der Waals surface area (Å²) in [5.41, 5.74) is 3.64. The van der Waals surface area contributed by atoms with Crippen LogP contribution in [0, 0.1) is 19.8 Å². The fourth-order valence-corrected chi connectivity index (χ4v) is 3.16. The van der Waals surface area contributed by atoms with E-state index in [0.717, 1.165) is 22.8 Å². The number of urea groups is 1. The molecule has 3 rings (SSSR count). The van der Waals surface area contributed by atoms with Crippen molar-refractivity contribution < 1.29 is 4.79 Å². The molecule has 1 aromatic heterocycles. The minimum Gasteiger partial charge on any atom is -0.314 e. The number of aryl methyl sites for hydroxylation is 2. The molecule has 2 heterocycles. The minimum absolute atomic E-state index is 0.0762. The summed E-state index contributed by atoms with van der Waals surface area (Å²) in [4.78, 5) is 14.6. The first-order valence-electron chi connectivity index (χ1n) is 8.34. The summed E-state index contributed by atoms with van der Waals surface area (Å²) < 4.78 is 1.87. The number of nitrogens with zero attached hydrogens (tertiary/aromatic N) is 3. The summed E-state index contributed by atoms with van der Waals surface area (Å²) >= 11 is 0. The molecule has 0 saturated carbocycles. The van der Waals surface area contributed by atoms with Gasteiger partial charge in [0.05, 0.1) is 23.1 Å². The van der Waals surface area contributed by atoms with Crippen LogP contribution in [0.25, 0.3) is 5.69 Å². The molecule has 1 aliphatic rings. The molecule has 5 heteroatoms. The largest absolute Gasteiger partial charge is 0.322 e. The molecule has 0 aliphatic carbocycles. The van der Waals surface area contributed by atoms with Crippen molar-refractivity contribution in [2.45, 2.75) is 33.7 Å². The molecule has 5 nitrogen and oxygen atoms in total. The van der Waals surface area contributed by atoms with Gasteiger partial charge in [-0.3, -0.25) is 0 Å². The van der Waals surface area contributed by atoms with Gasteiger partial charge in [0, 0.05) is 12.2 Å². The number of aromatic nitrogens is 2. The zero-order valence-electron chi connectivity index (χ0n) is 14.7. The number of para-hydroxylation sites is 2. The molecular formula is C19H24N4O. The topological polar surface area (TPSA) is 50.2 Å². The molecule has 1 aromatic carbocycles. The van der Waals surface area contributed by atoms with Crippen molar-refractivity contribution in [2.75, 3.05) is 11.9 Å². The molecule has 1 atom stereocenters. The van der Waals surface area contributed by atoms with Crippen LogP contribution in [0.2, 0.25) is 0 Å². The van der Waals surface area contributed by atoms with Crippen LogP contribution in [0.5, 0.6) is 0 Å². The molecule has 24 heavy (non-hydrogen) atoms. The van der Waals surface area contributed by atoms with Gasteiger partial charge < -0.3 is 10.2 Å². The first-order chi connectivity index (χ1) is 11.5. The van der Waals surface area contributed by atoms with Crippen LogP contribution in [-0.4, -0.2) is 33.3 Å². The summed E-state index contributed by atoms with van der Waals surface area (Å²) in [6.45, 7) is 8.89. The molecule has 1 N–H and O–H groups in total. The number of carbonyl (C=O) groups excluding carboxylic acids is 1. The molecule has 0 bridgehead atoms. The highest BCUT2D eigenvalue weighted by atomic mass is 16.2. The summed E-state index contributed by atoms with van der Waals surface area (Å²) in [5.74, 6) is 0.390. The molecule has 2 aromatic rings. The smallest absolute Gasteiger partial charge is 0.314 e. The van der Waals surface area contributed by atoms with Crippen LogP contribution in [0.4, 0.5) is 10.5 Å². The van der Waals surface area contributed by atoms with Gasteiger partial charge >= 0.3 is 6.03 Å². The maximum absolute atomic E-state index is 12.7. The summed E-state index contributed by atoms with van der Waals surface area (Å²) in [7, 11) is 0. The average Bonchev–Trinajstić information content (AvgIpc) is 3.14. The zero-order valence-corrected chi connectivity index (χ0v) is 14.7. The minimum atomic E-state index is -0.0762. The third kappa shape index (κ3) is 3.07. The summed E-state index contributed by atoms with van der Waals surface area (Å²) in [5, 5.41) is 7.59. The number of anilines is 1. The lowest BCUT2D eigenvalue weighted by molar-refractivity contribution is 0.199. The highest BCUT2D eigenvalue weighted by molar-refractivity contribution is 5.92. The van der Waals surface area contributed by atoms with Crippen molar-refractivity contribution in [3.05, 3.63) is 53.9 Å². The third-order valence-corrected chi connectivity index (χ3v) is 4.32. The van der Waals surface area contributed by atoms with Crippen molar-refractivity contribution in [2.24, 2.45) is 5.92 Å². The van der Waals surface area contributed by atoms with E-state index in [-0.39, 0.29) is 12.1 Å². The fraction of sp³-hybridized carbons (Fsp3) is 0.368. The van der Waals surface area contributed by atoms with Gasteiger partial charge in [0.25, 0.3) is 0 Å². The first kappa shape index (κ1) is 16.3. The van der Waals surface area contributed by atoms with Crippen LogP contribution < -0.4 is 5.32 Å².